The van der Waals surface area contributed by atoms with Crippen LogP contribution in [-0.2, 0) is 7.05 Å². The summed E-state index contributed by atoms with van der Waals surface area (Å²) in [4.78, 5) is 28.5. The van der Waals surface area contributed by atoms with Crippen molar-refractivity contribution in [3.63, 3.8) is 0 Å². The van der Waals surface area contributed by atoms with Crippen LogP contribution in [0.4, 0.5) is 15.8 Å². The van der Waals surface area contributed by atoms with Gasteiger partial charge in [0.15, 0.2) is 10.8 Å². The summed E-state index contributed by atoms with van der Waals surface area (Å²) >= 11 is 1.16. The molecule has 0 fully saturated rings. The van der Waals surface area contributed by atoms with Crippen molar-refractivity contribution in [1.82, 2.24) is 9.55 Å². The average Bonchev–Trinajstić information content (AvgIpc) is 3.27. The number of fused-ring (bicyclic) bond motifs is 1. The molecular formula is C20H17N5O2S. The Hall–Kier alpha value is -3.65. The summed E-state index contributed by atoms with van der Waals surface area (Å²) in [5.74, 6) is -1.04. The summed E-state index contributed by atoms with van der Waals surface area (Å²) in [6.07, 6.45) is 1.77. The molecule has 4 aromatic rings. The molecule has 140 valence electrons. The number of aromatic nitrogens is 2. The molecule has 0 radical (unpaired) electrons. The molecule has 0 saturated heterocycles. The maximum Gasteiger partial charge on any atom is 0.272 e. The lowest BCUT2D eigenvalue weighted by Crippen LogP contribution is -2.19. The first kappa shape index (κ1) is 17.7. The van der Waals surface area contributed by atoms with Crippen LogP contribution in [0.2, 0.25) is 0 Å². The number of benzene rings is 2. The molecule has 28 heavy (non-hydrogen) atoms. The molecule has 8 heteroatoms. The number of aryl methyl sites for hydroxylation is 1. The van der Waals surface area contributed by atoms with Crippen molar-refractivity contribution in [2.75, 3.05) is 10.6 Å². The molecule has 0 unspecified atom stereocenters. The van der Waals surface area contributed by atoms with Gasteiger partial charge in [0, 0.05) is 18.9 Å². The van der Waals surface area contributed by atoms with Gasteiger partial charge in [0.05, 0.1) is 0 Å². The van der Waals surface area contributed by atoms with E-state index in [4.69, 9.17) is 5.73 Å². The van der Waals surface area contributed by atoms with E-state index in [1.165, 1.54) is 0 Å². The van der Waals surface area contributed by atoms with Crippen molar-refractivity contribution in [3.8, 4) is 0 Å². The fourth-order valence-corrected chi connectivity index (χ4v) is 3.77. The smallest absolute Gasteiger partial charge is 0.272 e. The van der Waals surface area contributed by atoms with Gasteiger partial charge in [-0.25, -0.2) is 4.98 Å². The normalized spacial score (nSPS) is 10.8. The van der Waals surface area contributed by atoms with Crippen LogP contribution in [0.3, 0.4) is 0 Å². The van der Waals surface area contributed by atoms with E-state index in [2.05, 4.69) is 15.6 Å². The molecule has 2 aromatic heterocycles. The van der Waals surface area contributed by atoms with E-state index >= 15 is 0 Å². The minimum Gasteiger partial charge on any atom is -0.364 e. The Morgan fingerprint density at radius 1 is 1.07 bits per heavy atom. The molecule has 4 N–H and O–H groups in total. The largest absolute Gasteiger partial charge is 0.364 e. The number of nitrogens with zero attached hydrogens (tertiary/aromatic N) is 2. The van der Waals surface area contributed by atoms with Crippen LogP contribution in [0.1, 0.15) is 21.0 Å². The van der Waals surface area contributed by atoms with Gasteiger partial charge >= 0.3 is 0 Å². The van der Waals surface area contributed by atoms with Gasteiger partial charge in [-0.3, -0.25) is 9.59 Å². The predicted molar refractivity (Wildman–Crippen MR) is 111 cm³/mol. The number of amides is 2. The number of primary amides is 1. The fourth-order valence-electron chi connectivity index (χ4n) is 2.88. The number of rotatable bonds is 5. The average molecular weight is 391 g/mol. The van der Waals surface area contributed by atoms with Crippen LogP contribution < -0.4 is 16.4 Å². The van der Waals surface area contributed by atoms with Gasteiger partial charge in [0.1, 0.15) is 10.7 Å². The number of hydrogen-bond donors (Lipinski definition) is 3. The van der Waals surface area contributed by atoms with Crippen LogP contribution in [0.25, 0.3) is 10.8 Å². The van der Waals surface area contributed by atoms with Crippen LogP contribution >= 0.6 is 11.3 Å². The quantitative estimate of drug-likeness (QED) is 0.482. The Kier molecular flexibility index (Phi) is 4.54. The van der Waals surface area contributed by atoms with E-state index in [0.717, 1.165) is 27.8 Å². The lowest BCUT2D eigenvalue weighted by Gasteiger charge is -2.05. The summed E-state index contributed by atoms with van der Waals surface area (Å²) < 4.78 is 1.69. The number of thiazole rings is 1. The third kappa shape index (κ3) is 3.45. The first-order valence-electron chi connectivity index (χ1n) is 8.50. The summed E-state index contributed by atoms with van der Waals surface area (Å²) in [7, 11) is 1.77. The van der Waals surface area contributed by atoms with Crippen LogP contribution in [0, 0.1) is 0 Å². The number of carbonyl (C=O) groups is 2. The first-order chi connectivity index (χ1) is 13.5. The summed E-state index contributed by atoms with van der Waals surface area (Å²) in [5.41, 5.74) is 6.75. The monoisotopic (exact) mass is 391 g/mol. The molecule has 0 aliphatic heterocycles. The number of hydrogen-bond acceptors (Lipinski definition) is 5. The van der Waals surface area contributed by atoms with Crippen molar-refractivity contribution < 1.29 is 9.59 Å². The van der Waals surface area contributed by atoms with Gasteiger partial charge in [-0.15, -0.1) is 0 Å². The zero-order valence-corrected chi connectivity index (χ0v) is 15.8. The van der Waals surface area contributed by atoms with Crippen molar-refractivity contribution >= 4 is 49.7 Å². The third-order valence-corrected chi connectivity index (χ3v) is 5.15. The minimum atomic E-state index is -0.704. The molecule has 4 rings (SSSR count). The SMILES string of the molecule is Cn1cccc1C(=O)Nc1sc(Nc2ccc3ccccc3c2)nc1C(N)=O. The molecule has 0 bridgehead atoms. The van der Waals surface area contributed by atoms with Crippen LogP contribution in [0.15, 0.2) is 60.8 Å². The van der Waals surface area contributed by atoms with Gasteiger partial charge in [0.25, 0.3) is 11.8 Å². The van der Waals surface area contributed by atoms with E-state index in [9.17, 15) is 9.59 Å². The van der Waals surface area contributed by atoms with Gasteiger partial charge in [-0.1, -0.05) is 41.7 Å². The highest BCUT2D eigenvalue weighted by molar-refractivity contribution is 7.20. The van der Waals surface area contributed by atoms with Gasteiger partial charge in [-0.2, -0.15) is 0 Å². The second kappa shape index (κ2) is 7.16. The number of anilines is 3. The van der Waals surface area contributed by atoms with Crippen LogP contribution in [0.5, 0.6) is 0 Å². The molecule has 0 spiro atoms. The Morgan fingerprint density at radius 3 is 2.57 bits per heavy atom. The third-order valence-electron chi connectivity index (χ3n) is 4.26. The van der Waals surface area contributed by atoms with E-state index in [-0.39, 0.29) is 11.6 Å². The highest BCUT2D eigenvalue weighted by Gasteiger charge is 2.19. The summed E-state index contributed by atoms with van der Waals surface area (Å²) in [6, 6.07) is 17.4. The summed E-state index contributed by atoms with van der Waals surface area (Å²) in [6.45, 7) is 0. The molecule has 0 aliphatic rings. The topological polar surface area (TPSA) is 102 Å². The Labute approximate surface area is 164 Å². The summed E-state index contributed by atoms with van der Waals surface area (Å²) in [5, 5.41) is 8.88. The van der Waals surface area contributed by atoms with Gasteiger partial charge in [0.2, 0.25) is 0 Å². The molecule has 2 aromatic carbocycles. The molecule has 0 aliphatic carbocycles. The standard InChI is InChI=1S/C20H17N5O2S/c1-25-10-4-7-15(25)18(27)24-19-16(17(21)26)23-20(28-19)22-14-9-8-12-5-2-3-6-13(12)11-14/h2-11H,1H3,(H2,21,26)(H,22,23)(H,24,27). The van der Waals surface area contributed by atoms with E-state index in [1.807, 2.05) is 42.5 Å². The Bertz CT molecular complexity index is 1190. The highest BCUT2D eigenvalue weighted by Crippen LogP contribution is 2.31. The van der Waals surface area contributed by atoms with Crippen molar-refractivity contribution in [2.24, 2.45) is 12.8 Å². The molecule has 0 atom stereocenters. The molecule has 2 amide bonds. The minimum absolute atomic E-state index is 0.0239. The predicted octanol–water partition coefficient (Wildman–Crippen LogP) is 3.73. The maximum absolute atomic E-state index is 12.5. The number of nitrogens with two attached hydrogens (primary N) is 1. The molecule has 7 nitrogen and oxygen atoms in total. The maximum atomic E-state index is 12.5. The zero-order chi connectivity index (χ0) is 19.7. The Balaban J connectivity index is 1.61. The second-order valence-electron chi connectivity index (χ2n) is 6.21. The van der Waals surface area contributed by atoms with E-state index in [0.29, 0.717) is 15.8 Å². The van der Waals surface area contributed by atoms with Crippen molar-refractivity contribution in [1.29, 1.82) is 0 Å². The van der Waals surface area contributed by atoms with Crippen molar-refractivity contribution in [2.45, 2.75) is 0 Å². The fraction of sp³-hybridized carbons (Fsp3) is 0.0500. The molecular weight excluding hydrogens is 374 g/mol. The van der Waals surface area contributed by atoms with E-state index < -0.39 is 5.91 Å². The number of nitrogens with one attached hydrogen (secondary N) is 2. The second-order valence-corrected chi connectivity index (χ2v) is 7.21. The van der Waals surface area contributed by atoms with Gasteiger partial charge < -0.3 is 20.9 Å². The number of carbonyl (C=O) groups excluding carboxylic acids is 2. The van der Waals surface area contributed by atoms with Crippen LogP contribution in [-0.4, -0.2) is 21.4 Å². The van der Waals surface area contributed by atoms with Gasteiger partial charge in [-0.05, 0) is 35.0 Å². The zero-order valence-electron chi connectivity index (χ0n) is 15.0. The molecule has 2 heterocycles. The molecule has 0 saturated carbocycles. The lowest BCUT2D eigenvalue weighted by atomic mass is 10.1. The Morgan fingerprint density at radius 2 is 1.86 bits per heavy atom. The van der Waals surface area contributed by atoms with E-state index in [1.54, 1.807) is 29.9 Å². The van der Waals surface area contributed by atoms with Crippen molar-refractivity contribution in [3.05, 3.63) is 72.2 Å². The lowest BCUT2D eigenvalue weighted by molar-refractivity contribution is 0.0997. The first-order valence-corrected chi connectivity index (χ1v) is 9.32. The highest BCUT2D eigenvalue weighted by atomic mass is 32.1.